The first-order valence-corrected chi connectivity index (χ1v) is 12.8. The van der Waals surface area contributed by atoms with Gasteiger partial charge in [0, 0.05) is 35.9 Å². The molecule has 2 atom stereocenters. The first-order valence-electron chi connectivity index (χ1n) is 12.0. The molecule has 2 aromatic heterocycles. The van der Waals surface area contributed by atoms with E-state index in [1.54, 1.807) is 11.3 Å². The van der Waals surface area contributed by atoms with Crippen molar-refractivity contribution in [2.24, 2.45) is 17.8 Å². The maximum absolute atomic E-state index is 12.5. The van der Waals surface area contributed by atoms with E-state index >= 15 is 0 Å². The Hall–Kier alpha value is -2.22. The highest BCUT2D eigenvalue weighted by Gasteiger charge is 2.37. The smallest absolute Gasteiger partial charge is 0.310 e. The topological polar surface area (TPSA) is 80.2 Å². The van der Waals surface area contributed by atoms with E-state index in [9.17, 15) is 4.79 Å². The van der Waals surface area contributed by atoms with Gasteiger partial charge in [0.25, 0.3) is 0 Å². The summed E-state index contributed by atoms with van der Waals surface area (Å²) in [4.78, 5) is 30.2. The Morgan fingerprint density at radius 3 is 2.69 bits per heavy atom. The van der Waals surface area contributed by atoms with Crippen LogP contribution >= 0.6 is 11.3 Å². The number of anilines is 3. The lowest BCUT2D eigenvalue weighted by Crippen LogP contribution is -2.46. The van der Waals surface area contributed by atoms with E-state index in [4.69, 9.17) is 14.7 Å². The average molecular weight is 456 g/mol. The van der Waals surface area contributed by atoms with Crippen LogP contribution < -0.4 is 10.2 Å². The minimum absolute atomic E-state index is 0.114. The minimum atomic E-state index is -0.124. The second kappa shape index (κ2) is 9.33. The summed E-state index contributed by atoms with van der Waals surface area (Å²) in [5, 5.41) is 4.26. The highest BCUT2D eigenvalue weighted by molar-refractivity contribution is 7.15. The number of nitrogens with zero attached hydrogens (tertiary/aromatic N) is 4. The first-order chi connectivity index (χ1) is 15.6. The van der Waals surface area contributed by atoms with Crippen molar-refractivity contribution >= 4 is 34.2 Å². The van der Waals surface area contributed by atoms with Crippen molar-refractivity contribution in [3.05, 3.63) is 22.8 Å². The number of esters is 1. The molecule has 1 saturated heterocycles. The molecule has 0 radical (unpaired) electrons. The molecule has 1 N–H and O–H groups in total. The van der Waals surface area contributed by atoms with Crippen LogP contribution in [0.2, 0.25) is 0 Å². The summed E-state index contributed by atoms with van der Waals surface area (Å²) >= 11 is 1.71. The molecular weight excluding hydrogens is 422 g/mol. The van der Waals surface area contributed by atoms with Crippen LogP contribution in [0.25, 0.3) is 0 Å². The predicted octanol–water partition coefficient (Wildman–Crippen LogP) is 5.06. The van der Waals surface area contributed by atoms with Crippen molar-refractivity contribution in [1.29, 1.82) is 0 Å². The fourth-order valence-electron chi connectivity index (χ4n) is 5.35. The number of carbonyl (C=O) groups is 1. The van der Waals surface area contributed by atoms with E-state index in [2.05, 4.69) is 15.2 Å². The van der Waals surface area contributed by atoms with Crippen molar-refractivity contribution < 1.29 is 9.53 Å². The lowest BCUT2D eigenvalue weighted by Gasteiger charge is -2.41. The van der Waals surface area contributed by atoms with Gasteiger partial charge in [0.2, 0.25) is 5.95 Å². The first kappa shape index (κ1) is 21.6. The predicted molar refractivity (Wildman–Crippen MR) is 127 cm³/mol. The van der Waals surface area contributed by atoms with Crippen molar-refractivity contribution in [2.75, 3.05) is 30.4 Å². The number of piperidine rings is 1. The number of methoxy groups -OCH3 is 1. The van der Waals surface area contributed by atoms with E-state index in [-0.39, 0.29) is 11.9 Å². The average Bonchev–Trinajstić information content (AvgIpc) is 3.57. The molecule has 2 aromatic rings. The fraction of sp³-hybridized carbons (Fsp3) is 0.667. The molecule has 172 valence electrons. The summed E-state index contributed by atoms with van der Waals surface area (Å²) in [5.74, 6) is 3.08. The van der Waals surface area contributed by atoms with Gasteiger partial charge in [0.1, 0.15) is 5.82 Å². The van der Waals surface area contributed by atoms with Gasteiger partial charge in [-0.2, -0.15) is 4.98 Å². The molecule has 3 aliphatic rings. The highest BCUT2D eigenvalue weighted by atomic mass is 32.1. The molecule has 1 aliphatic heterocycles. The summed E-state index contributed by atoms with van der Waals surface area (Å²) in [5.41, 5.74) is 0.908. The molecular formula is C24H33N5O2S. The number of thiazole rings is 1. The van der Waals surface area contributed by atoms with Gasteiger partial charge in [0.05, 0.1) is 13.0 Å². The Balaban J connectivity index is 1.36. The molecule has 0 unspecified atom stereocenters. The number of rotatable bonds is 6. The zero-order valence-electron chi connectivity index (χ0n) is 19.0. The molecule has 0 bridgehead atoms. The van der Waals surface area contributed by atoms with Crippen molar-refractivity contribution in [1.82, 2.24) is 15.0 Å². The molecule has 5 rings (SSSR count). The summed E-state index contributed by atoms with van der Waals surface area (Å²) in [7, 11) is 1.49. The summed E-state index contributed by atoms with van der Waals surface area (Å²) in [6, 6.07) is 1.96. The number of ether oxygens (including phenoxy) is 1. The number of hydrogen-bond acceptors (Lipinski definition) is 8. The van der Waals surface area contributed by atoms with E-state index in [1.807, 2.05) is 19.2 Å². The van der Waals surface area contributed by atoms with Gasteiger partial charge in [-0.15, -0.1) is 11.3 Å². The number of aryl methyl sites for hydroxylation is 1. The van der Waals surface area contributed by atoms with Crippen molar-refractivity contribution in [3.63, 3.8) is 0 Å². The Morgan fingerprint density at radius 2 is 1.94 bits per heavy atom. The molecule has 2 aliphatic carbocycles. The van der Waals surface area contributed by atoms with Gasteiger partial charge in [-0.25, -0.2) is 9.97 Å². The van der Waals surface area contributed by atoms with Crippen molar-refractivity contribution in [2.45, 2.75) is 64.2 Å². The summed E-state index contributed by atoms with van der Waals surface area (Å²) in [6.45, 7) is 3.51. The number of nitrogens with one attached hydrogen (secondary N) is 1. The third kappa shape index (κ3) is 4.90. The number of hydrogen-bond donors (Lipinski definition) is 1. The van der Waals surface area contributed by atoms with Crippen LogP contribution in [0, 0.1) is 24.7 Å². The number of aromatic nitrogens is 3. The lowest BCUT2D eigenvalue weighted by atomic mass is 9.74. The molecule has 2 saturated carbocycles. The van der Waals surface area contributed by atoms with Gasteiger partial charge >= 0.3 is 5.97 Å². The monoisotopic (exact) mass is 455 g/mol. The third-order valence-electron chi connectivity index (χ3n) is 7.20. The number of carbonyl (C=O) groups excluding carboxylic acids is 1. The van der Waals surface area contributed by atoms with E-state index in [0.29, 0.717) is 30.2 Å². The zero-order valence-corrected chi connectivity index (χ0v) is 19.9. The largest absolute Gasteiger partial charge is 0.469 e. The van der Waals surface area contributed by atoms with Crippen LogP contribution in [0.15, 0.2) is 12.3 Å². The van der Waals surface area contributed by atoms with Crippen LogP contribution in [0.1, 0.15) is 67.9 Å². The fourth-order valence-corrected chi connectivity index (χ4v) is 6.35. The van der Waals surface area contributed by atoms with E-state index in [1.165, 1.54) is 56.9 Å². The summed E-state index contributed by atoms with van der Waals surface area (Å²) < 4.78 is 5.14. The Bertz CT molecular complexity index is 954. The van der Waals surface area contributed by atoms with Crippen molar-refractivity contribution in [3.8, 4) is 0 Å². The maximum Gasteiger partial charge on any atom is 0.310 e. The molecule has 7 nitrogen and oxygen atoms in total. The maximum atomic E-state index is 12.5. The minimum Gasteiger partial charge on any atom is -0.469 e. The normalized spacial score (nSPS) is 24.4. The molecule has 0 amide bonds. The highest BCUT2D eigenvalue weighted by Crippen LogP contribution is 2.44. The Morgan fingerprint density at radius 1 is 1.12 bits per heavy atom. The van der Waals surface area contributed by atoms with Gasteiger partial charge < -0.3 is 15.0 Å². The molecule has 3 fully saturated rings. The molecule has 0 aromatic carbocycles. The Labute approximate surface area is 194 Å². The van der Waals surface area contributed by atoms with E-state index in [0.717, 1.165) is 29.6 Å². The van der Waals surface area contributed by atoms with Crippen LogP contribution in [0.5, 0.6) is 0 Å². The quantitative estimate of drug-likeness (QED) is 0.610. The molecule has 32 heavy (non-hydrogen) atoms. The SMILES string of the molecule is COC(=O)[C@@H]1C[C@H](C2CCCCC2)CN(c2nc(C)cc(Nc3ncc(C4CC4)s3)n2)C1. The second-order valence-corrected chi connectivity index (χ2v) is 10.7. The van der Waals surface area contributed by atoms with Gasteiger partial charge in [-0.3, -0.25) is 4.79 Å². The van der Waals surface area contributed by atoms with Crippen LogP contribution in [0.4, 0.5) is 16.9 Å². The molecule has 3 heterocycles. The van der Waals surface area contributed by atoms with Crippen LogP contribution in [0.3, 0.4) is 0 Å². The molecule has 0 spiro atoms. The lowest BCUT2D eigenvalue weighted by molar-refractivity contribution is -0.146. The van der Waals surface area contributed by atoms with Gasteiger partial charge in [-0.05, 0) is 43.9 Å². The summed E-state index contributed by atoms with van der Waals surface area (Å²) in [6.07, 6.45) is 11.9. The van der Waals surface area contributed by atoms with E-state index < -0.39 is 0 Å². The Kier molecular flexibility index (Phi) is 6.31. The second-order valence-electron chi connectivity index (χ2n) is 9.68. The third-order valence-corrected chi connectivity index (χ3v) is 8.27. The standard InChI is InChI=1S/C24H33N5O2S/c1-15-10-21(28-24-25-12-20(32-24)17-8-9-17)27-23(26-15)29-13-18(16-6-4-3-5-7-16)11-19(14-29)22(30)31-2/h10,12,16-19H,3-9,11,13-14H2,1-2H3,(H,25,26,27,28)/t18-,19+/m0/s1. The zero-order chi connectivity index (χ0) is 22.1. The van der Waals surface area contributed by atoms with Gasteiger partial charge in [-0.1, -0.05) is 32.1 Å². The van der Waals surface area contributed by atoms with Crippen LogP contribution in [-0.4, -0.2) is 41.1 Å². The van der Waals surface area contributed by atoms with Gasteiger partial charge in [0.15, 0.2) is 5.13 Å². The molecule has 8 heteroatoms. The van der Waals surface area contributed by atoms with Crippen LogP contribution in [-0.2, 0) is 9.53 Å².